The van der Waals surface area contributed by atoms with Gasteiger partial charge in [-0.1, -0.05) is 215 Å². The molecule has 2 heterocycles. The second-order valence-electron chi connectivity index (χ2n) is 17.2. The van der Waals surface area contributed by atoms with Crippen molar-refractivity contribution in [3.05, 3.63) is 235 Å². The van der Waals surface area contributed by atoms with Crippen LogP contribution in [0.3, 0.4) is 0 Å². The van der Waals surface area contributed by atoms with Crippen LogP contribution in [0.2, 0.25) is 0 Å². The smallest absolute Gasteiger partial charge is 0.160 e. The first kappa shape index (κ1) is 40.3. The Kier molecular flexibility index (Phi) is 11.0. The van der Waals surface area contributed by atoms with Crippen molar-refractivity contribution >= 4 is 5.57 Å². The maximum absolute atomic E-state index is 5.13. The number of rotatable bonds is 10. The van der Waals surface area contributed by atoms with E-state index >= 15 is 0 Å². The van der Waals surface area contributed by atoms with E-state index in [2.05, 4.69) is 197 Å². The Balaban J connectivity index is 0.954. The minimum atomic E-state index is -0.270. The van der Waals surface area contributed by atoms with Gasteiger partial charge in [-0.25, -0.2) is 19.9 Å². The molecule has 1 aliphatic carbocycles. The molecule has 1 atom stereocenters. The number of benzene rings is 7. The fourth-order valence-corrected chi connectivity index (χ4v) is 8.49. The largest absolute Gasteiger partial charge is 0.228 e. The van der Waals surface area contributed by atoms with Crippen LogP contribution in [0.1, 0.15) is 43.9 Å². The van der Waals surface area contributed by atoms with E-state index in [1.54, 1.807) is 0 Å². The van der Waals surface area contributed by atoms with Crippen molar-refractivity contribution in [1.82, 2.24) is 19.9 Å². The van der Waals surface area contributed by atoms with Crippen molar-refractivity contribution in [2.24, 2.45) is 5.92 Å². The number of nitrogens with zero attached hydrogens (tertiary/aromatic N) is 4. The van der Waals surface area contributed by atoms with E-state index in [1.165, 1.54) is 27.8 Å². The monoisotopic (exact) mass is 824 g/mol. The van der Waals surface area contributed by atoms with Crippen LogP contribution >= 0.6 is 0 Å². The molecule has 7 aromatic carbocycles. The van der Waals surface area contributed by atoms with Crippen molar-refractivity contribution in [3.8, 4) is 78.9 Å². The standard InChI is InChI=1S/C60H48N4/c1-41-25-27-43(28-26-41)49-22-14-24-51(38-49)57-40-55(62-59(64-57)47-19-11-6-12-20-47)45-31-35-53(36-32-45)60(2,3)52-33-29-44(30-34-52)54-39-56(63-58(61-54)46-17-9-5-10-18-46)50-23-13-21-48(37-50)42-15-7-4-8-16-42/h4-25,27-41H,26H2,1-3H3. The number of allylic oxidation sites excluding steroid dienone is 4. The zero-order chi connectivity index (χ0) is 43.5. The fraction of sp³-hybridized carbons (Fsp3) is 0.100. The van der Waals surface area contributed by atoms with Gasteiger partial charge in [-0.3, -0.25) is 0 Å². The SMILES string of the molecule is CC1C=CC(c2cccc(-c3cc(-c4ccc(C(C)(C)c5ccc(-c6cc(-c7cccc(-c8ccccc8)c7)nc(-c7ccccc7)n6)cc5)cc4)nc(-c4ccccc4)n3)c2)=CC1. The molecule has 4 nitrogen and oxygen atoms in total. The lowest BCUT2D eigenvalue weighted by Crippen LogP contribution is -2.18. The Morgan fingerprint density at radius 3 is 1.22 bits per heavy atom. The summed E-state index contributed by atoms with van der Waals surface area (Å²) in [6, 6.07) is 70.2. The Hall–Kier alpha value is -7.82. The summed E-state index contributed by atoms with van der Waals surface area (Å²) in [7, 11) is 0. The molecule has 0 saturated carbocycles. The van der Waals surface area contributed by atoms with Gasteiger partial charge in [0.1, 0.15) is 0 Å². The third-order valence-electron chi connectivity index (χ3n) is 12.4. The molecule has 0 spiro atoms. The maximum atomic E-state index is 5.13. The summed E-state index contributed by atoms with van der Waals surface area (Å²) in [6.45, 7) is 6.83. The van der Waals surface area contributed by atoms with Crippen LogP contribution in [0.4, 0.5) is 0 Å². The molecule has 0 radical (unpaired) electrons. The predicted octanol–water partition coefficient (Wildman–Crippen LogP) is 15.2. The average Bonchev–Trinajstić information content (AvgIpc) is 3.37. The normalized spacial score (nSPS) is 13.7. The van der Waals surface area contributed by atoms with Crippen molar-refractivity contribution in [2.45, 2.75) is 32.6 Å². The number of hydrogen-bond donors (Lipinski definition) is 0. The minimum absolute atomic E-state index is 0.270. The third-order valence-corrected chi connectivity index (χ3v) is 12.4. The van der Waals surface area contributed by atoms with E-state index in [0.717, 1.165) is 68.1 Å². The molecule has 10 rings (SSSR count). The summed E-state index contributed by atoms with van der Waals surface area (Å²) in [4.78, 5) is 20.5. The van der Waals surface area contributed by atoms with Gasteiger partial charge in [0.05, 0.1) is 22.8 Å². The van der Waals surface area contributed by atoms with E-state index in [1.807, 2.05) is 42.5 Å². The van der Waals surface area contributed by atoms with E-state index in [-0.39, 0.29) is 5.41 Å². The lowest BCUT2D eigenvalue weighted by molar-refractivity contribution is 0.641. The molecule has 9 aromatic rings. The maximum Gasteiger partial charge on any atom is 0.160 e. The van der Waals surface area contributed by atoms with Gasteiger partial charge >= 0.3 is 0 Å². The fourth-order valence-electron chi connectivity index (χ4n) is 8.49. The van der Waals surface area contributed by atoms with Crippen LogP contribution < -0.4 is 0 Å². The van der Waals surface area contributed by atoms with Crippen LogP contribution in [0.15, 0.2) is 218 Å². The molecule has 1 aliphatic rings. The second-order valence-corrected chi connectivity index (χ2v) is 17.2. The predicted molar refractivity (Wildman–Crippen MR) is 265 cm³/mol. The molecule has 308 valence electrons. The van der Waals surface area contributed by atoms with Crippen molar-refractivity contribution < 1.29 is 0 Å². The van der Waals surface area contributed by atoms with E-state index in [9.17, 15) is 0 Å². The van der Waals surface area contributed by atoms with Gasteiger partial charge < -0.3 is 0 Å². The van der Waals surface area contributed by atoms with Crippen molar-refractivity contribution in [2.75, 3.05) is 0 Å². The highest BCUT2D eigenvalue weighted by atomic mass is 14.9. The van der Waals surface area contributed by atoms with Crippen LogP contribution in [-0.2, 0) is 5.41 Å². The molecule has 4 heteroatoms. The first-order valence-electron chi connectivity index (χ1n) is 22.1. The minimum Gasteiger partial charge on any atom is -0.228 e. The third kappa shape index (κ3) is 8.51. The van der Waals surface area contributed by atoms with E-state index in [4.69, 9.17) is 19.9 Å². The zero-order valence-corrected chi connectivity index (χ0v) is 36.4. The molecule has 0 N–H and O–H groups in total. The summed E-state index contributed by atoms with van der Waals surface area (Å²) < 4.78 is 0. The summed E-state index contributed by atoms with van der Waals surface area (Å²) in [5.41, 5.74) is 16.7. The molecular formula is C60H48N4. The highest BCUT2D eigenvalue weighted by Crippen LogP contribution is 2.37. The van der Waals surface area contributed by atoms with Gasteiger partial charge in [0.15, 0.2) is 11.6 Å². The topological polar surface area (TPSA) is 51.6 Å². The van der Waals surface area contributed by atoms with Crippen LogP contribution in [-0.4, -0.2) is 19.9 Å². The van der Waals surface area contributed by atoms with Crippen LogP contribution in [0.5, 0.6) is 0 Å². The molecular weight excluding hydrogens is 777 g/mol. The first-order valence-corrected chi connectivity index (χ1v) is 22.1. The second kappa shape index (κ2) is 17.5. The van der Waals surface area contributed by atoms with Crippen LogP contribution in [0, 0.1) is 5.92 Å². The van der Waals surface area contributed by atoms with Gasteiger partial charge in [-0.15, -0.1) is 0 Å². The Morgan fingerprint density at radius 1 is 0.375 bits per heavy atom. The zero-order valence-electron chi connectivity index (χ0n) is 36.4. The highest BCUT2D eigenvalue weighted by molar-refractivity contribution is 5.80. The van der Waals surface area contributed by atoms with E-state index in [0.29, 0.717) is 17.6 Å². The van der Waals surface area contributed by atoms with Gasteiger partial charge in [-0.2, -0.15) is 0 Å². The molecule has 0 fully saturated rings. The van der Waals surface area contributed by atoms with Gasteiger partial charge in [0.2, 0.25) is 0 Å². The van der Waals surface area contributed by atoms with E-state index < -0.39 is 0 Å². The van der Waals surface area contributed by atoms with Crippen molar-refractivity contribution in [3.63, 3.8) is 0 Å². The molecule has 0 amide bonds. The highest BCUT2D eigenvalue weighted by Gasteiger charge is 2.24. The molecule has 1 unspecified atom stereocenters. The number of hydrogen-bond acceptors (Lipinski definition) is 4. The molecule has 0 saturated heterocycles. The molecule has 2 aromatic heterocycles. The Labute approximate surface area is 376 Å². The lowest BCUT2D eigenvalue weighted by atomic mass is 9.77. The summed E-state index contributed by atoms with van der Waals surface area (Å²) >= 11 is 0. The number of aromatic nitrogens is 4. The summed E-state index contributed by atoms with van der Waals surface area (Å²) in [5, 5.41) is 0. The Bertz CT molecular complexity index is 3130. The quantitative estimate of drug-likeness (QED) is 0.138. The van der Waals surface area contributed by atoms with Crippen LogP contribution in [0.25, 0.3) is 84.5 Å². The molecule has 0 bridgehead atoms. The van der Waals surface area contributed by atoms with Gasteiger partial charge in [0, 0.05) is 38.8 Å². The molecule has 64 heavy (non-hydrogen) atoms. The summed E-state index contributed by atoms with van der Waals surface area (Å²) in [6.07, 6.45) is 7.93. The van der Waals surface area contributed by atoms with Crippen molar-refractivity contribution in [1.29, 1.82) is 0 Å². The molecule has 0 aliphatic heterocycles. The Morgan fingerprint density at radius 2 is 0.766 bits per heavy atom. The van der Waals surface area contributed by atoms with Gasteiger partial charge in [-0.05, 0) is 70.0 Å². The summed E-state index contributed by atoms with van der Waals surface area (Å²) in [5.74, 6) is 1.98. The average molecular weight is 825 g/mol. The first-order chi connectivity index (χ1) is 31.3. The van der Waals surface area contributed by atoms with Gasteiger partial charge in [0.25, 0.3) is 0 Å². The lowest BCUT2D eigenvalue weighted by Gasteiger charge is -2.26.